The Bertz CT molecular complexity index is 271. The number of nitrogens with one attached hydrogen (secondary N) is 2. The molecule has 2 atom stereocenters. The largest absolute Gasteiger partial charge is 0.480 e. The van der Waals surface area contributed by atoms with Crippen LogP contribution < -0.4 is 10.6 Å². The number of carbonyl (C=O) groups is 2. The molecule has 1 amide bonds. The van der Waals surface area contributed by atoms with E-state index in [1.165, 1.54) is 0 Å². The van der Waals surface area contributed by atoms with Gasteiger partial charge in [-0.05, 0) is 18.9 Å². The van der Waals surface area contributed by atoms with Gasteiger partial charge in [-0.15, -0.1) is 0 Å². The van der Waals surface area contributed by atoms with Crippen molar-refractivity contribution in [3.8, 4) is 0 Å². The third-order valence-electron chi connectivity index (χ3n) is 2.46. The fourth-order valence-corrected chi connectivity index (χ4v) is 1.57. The highest BCUT2D eigenvalue weighted by Gasteiger charge is 2.32. The van der Waals surface area contributed by atoms with Crippen LogP contribution in [-0.4, -0.2) is 35.6 Å². The summed E-state index contributed by atoms with van der Waals surface area (Å²) in [5.74, 6) is -1.23. The normalized spacial score (nSPS) is 15.1. The molecule has 0 saturated heterocycles. The van der Waals surface area contributed by atoms with Gasteiger partial charge in [0.25, 0.3) is 0 Å². The Kier molecular flexibility index (Phi) is 6.16. The number of carboxylic acid groups (broad SMARTS) is 1. The molecule has 5 heteroatoms. The fraction of sp³-hybridized carbons (Fsp3) is 0.833. The molecule has 0 spiro atoms. The van der Waals surface area contributed by atoms with E-state index in [0.29, 0.717) is 0 Å². The van der Waals surface area contributed by atoms with E-state index in [2.05, 4.69) is 10.6 Å². The third kappa shape index (κ3) is 6.26. The lowest BCUT2D eigenvalue weighted by Gasteiger charge is -2.28. The lowest BCUT2D eigenvalue weighted by Crippen LogP contribution is -2.50. The SMILES string of the molecule is CCNC(C)CC(=O)NC(C(=O)O)C(C)(C)C. The molecule has 17 heavy (non-hydrogen) atoms. The molecule has 0 aromatic rings. The molecule has 0 rings (SSSR count). The maximum Gasteiger partial charge on any atom is 0.326 e. The van der Waals surface area contributed by atoms with E-state index in [1.54, 1.807) is 20.8 Å². The van der Waals surface area contributed by atoms with Crippen LogP contribution in [0.2, 0.25) is 0 Å². The monoisotopic (exact) mass is 244 g/mol. The van der Waals surface area contributed by atoms with Gasteiger partial charge in [0.05, 0.1) is 0 Å². The topological polar surface area (TPSA) is 78.4 Å². The second-order valence-corrected chi connectivity index (χ2v) is 5.37. The fourth-order valence-electron chi connectivity index (χ4n) is 1.57. The smallest absolute Gasteiger partial charge is 0.326 e. The molecule has 0 aliphatic heterocycles. The summed E-state index contributed by atoms with van der Waals surface area (Å²) >= 11 is 0. The Labute approximate surface area is 103 Å². The molecule has 0 heterocycles. The van der Waals surface area contributed by atoms with Gasteiger partial charge in [0, 0.05) is 12.5 Å². The van der Waals surface area contributed by atoms with Crippen molar-refractivity contribution in [2.45, 2.75) is 53.1 Å². The summed E-state index contributed by atoms with van der Waals surface area (Å²) in [7, 11) is 0. The number of aliphatic carboxylic acids is 1. The van der Waals surface area contributed by atoms with Crippen molar-refractivity contribution >= 4 is 11.9 Å². The number of hydrogen-bond acceptors (Lipinski definition) is 3. The molecule has 3 N–H and O–H groups in total. The van der Waals surface area contributed by atoms with E-state index in [9.17, 15) is 9.59 Å². The van der Waals surface area contributed by atoms with Gasteiger partial charge in [0.15, 0.2) is 0 Å². The van der Waals surface area contributed by atoms with Gasteiger partial charge >= 0.3 is 5.97 Å². The van der Waals surface area contributed by atoms with Crippen LogP contribution in [0.1, 0.15) is 41.0 Å². The molecule has 0 bridgehead atoms. The summed E-state index contributed by atoms with van der Waals surface area (Å²) < 4.78 is 0. The van der Waals surface area contributed by atoms with Gasteiger partial charge in [-0.3, -0.25) is 4.79 Å². The molecule has 5 nitrogen and oxygen atoms in total. The molecule has 0 radical (unpaired) electrons. The van der Waals surface area contributed by atoms with E-state index < -0.39 is 17.4 Å². The zero-order valence-electron chi connectivity index (χ0n) is 11.3. The minimum atomic E-state index is -0.998. The molecule has 0 aromatic carbocycles. The van der Waals surface area contributed by atoms with Gasteiger partial charge < -0.3 is 15.7 Å². The minimum absolute atomic E-state index is 0.0504. The summed E-state index contributed by atoms with van der Waals surface area (Å²) in [6.45, 7) is 10.0. The molecule has 0 aromatic heterocycles. The summed E-state index contributed by atoms with van der Waals surface area (Å²) in [5.41, 5.74) is -0.497. The van der Waals surface area contributed by atoms with Crippen molar-refractivity contribution in [1.82, 2.24) is 10.6 Å². The van der Waals surface area contributed by atoms with Crippen molar-refractivity contribution in [3.63, 3.8) is 0 Å². The molecule has 2 unspecified atom stereocenters. The molecule has 0 fully saturated rings. The van der Waals surface area contributed by atoms with Gasteiger partial charge in [0.1, 0.15) is 6.04 Å². The average Bonchev–Trinajstić information content (AvgIpc) is 2.12. The minimum Gasteiger partial charge on any atom is -0.480 e. The van der Waals surface area contributed by atoms with Gasteiger partial charge in [-0.2, -0.15) is 0 Å². The number of rotatable bonds is 6. The van der Waals surface area contributed by atoms with Crippen LogP contribution in [0.3, 0.4) is 0 Å². The number of amides is 1. The molecular formula is C12H24N2O3. The zero-order valence-corrected chi connectivity index (χ0v) is 11.3. The Morgan fingerprint density at radius 1 is 1.29 bits per heavy atom. The summed E-state index contributed by atoms with van der Waals surface area (Å²) in [5, 5.41) is 14.7. The standard InChI is InChI=1S/C12H24N2O3/c1-6-13-8(2)7-9(15)14-10(11(16)17)12(3,4)5/h8,10,13H,6-7H2,1-5H3,(H,14,15)(H,16,17). The first kappa shape index (κ1) is 15.9. The van der Waals surface area contributed by atoms with E-state index in [1.807, 2.05) is 13.8 Å². The van der Waals surface area contributed by atoms with E-state index >= 15 is 0 Å². The Balaban J connectivity index is 4.38. The van der Waals surface area contributed by atoms with Crippen LogP contribution in [-0.2, 0) is 9.59 Å². The highest BCUT2D eigenvalue weighted by Crippen LogP contribution is 2.19. The van der Waals surface area contributed by atoms with Crippen molar-refractivity contribution < 1.29 is 14.7 Å². The highest BCUT2D eigenvalue weighted by molar-refractivity contribution is 5.84. The quantitative estimate of drug-likeness (QED) is 0.651. The summed E-state index contributed by atoms with van der Waals surface area (Å²) in [6.07, 6.45) is 0.285. The lowest BCUT2D eigenvalue weighted by molar-refractivity contribution is -0.145. The third-order valence-corrected chi connectivity index (χ3v) is 2.46. The van der Waals surface area contributed by atoms with Gasteiger partial charge in [0.2, 0.25) is 5.91 Å². The van der Waals surface area contributed by atoms with Gasteiger partial charge in [-0.1, -0.05) is 27.7 Å². The second kappa shape index (κ2) is 6.59. The summed E-state index contributed by atoms with van der Waals surface area (Å²) in [4.78, 5) is 22.7. The van der Waals surface area contributed by atoms with E-state index in [-0.39, 0.29) is 18.4 Å². The zero-order chi connectivity index (χ0) is 13.6. The van der Waals surface area contributed by atoms with Crippen LogP contribution in [0, 0.1) is 5.41 Å². The number of carbonyl (C=O) groups excluding carboxylic acids is 1. The van der Waals surface area contributed by atoms with Crippen LogP contribution >= 0.6 is 0 Å². The average molecular weight is 244 g/mol. The molecular weight excluding hydrogens is 220 g/mol. The van der Waals surface area contributed by atoms with E-state index in [0.717, 1.165) is 6.54 Å². The van der Waals surface area contributed by atoms with Gasteiger partial charge in [-0.25, -0.2) is 4.79 Å². The van der Waals surface area contributed by atoms with Crippen molar-refractivity contribution in [1.29, 1.82) is 0 Å². The van der Waals surface area contributed by atoms with Crippen molar-refractivity contribution in [3.05, 3.63) is 0 Å². The molecule has 100 valence electrons. The predicted octanol–water partition coefficient (Wildman–Crippen LogP) is 0.990. The lowest BCUT2D eigenvalue weighted by atomic mass is 9.86. The Morgan fingerprint density at radius 3 is 2.18 bits per heavy atom. The summed E-state index contributed by atoms with van der Waals surface area (Å²) in [6, 6.07) is -0.807. The molecule has 0 aliphatic rings. The molecule has 0 saturated carbocycles. The Morgan fingerprint density at radius 2 is 1.82 bits per heavy atom. The van der Waals surface area contributed by atoms with E-state index in [4.69, 9.17) is 5.11 Å². The highest BCUT2D eigenvalue weighted by atomic mass is 16.4. The first-order chi connectivity index (χ1) is 7.68. The molecule has 0 aliphatic carbocycles. The Hall–Kier alpha value is -1.10. The van der Waals surface area contributed by atoms with Crippen molar-refractivity contribution in [2.75, 3.05) is 6.54 Å². The van der Waals surface area contributed by atoms with Crippen LogP contribution in [0.4, 0.5) is 0 Å². The number of carboxylic acids is 1. The number of hydrogen-bond donors (Lipinski definition) is 3. The predicted molar refractivity (Wildman–Crippen MR) is 66.8 cm³/mol. The van der Waals surface area contributed by atoms with Crippen LogP contribution in [0.25, 0.3) is 0 Å². The van der Waals surface area contributed by atoms with Crippen molar-refractivity contribution in [2.24, 2.45) is 5.41 Å². The van der Waals surface area contributed by atoms with Crippen LogP contribution in [0.15, 0.2) is 0 Å². The first-order valence-electron chi connectivity index (χ1n) is 5.94. The maximum atomic E-state index is 11.7. The first-order valence-corrected chi connectivity index (χ1v) is 5.94. The maximum absolute atomic E-state index is 11.7. The van der Waals surface area contributed by atoms with Crippen LogP contribution in [0.5, 0.6) is 0 Å². The second-order valence-electron chi connectivity index (χ2n) is 5.37.